The first-order valence-corrected chi connectivity index (χ1v) is 6.38. The average Bonchev–Trinajstić information content (AvgIpc) is 2.40. The molecule has 1 aromatic rings. The van der Waals surface area contributed by atoms with Crippen LogP contribution < -0.4 is 5.73 Å². The van der Waals surface area contributed by atoms with Crippen molar-refractivity contribution in [3.63, 3.8) is 0 Å². The zero-order valence-corrected chi connectivity index (χ0v) is 11.9. The van der Waals surface area contributed by atoms with Crippen molar-refractivity contribution in [2.45, 2.75) is 26.0 Å². The molecule has 1 fully saturated rings. The van der Waals surface area contributed by atoms with E-state index in [-0.39, 0.29) is 24.5 Å². The normalized spacial score (nSPS) is 22.5. The predicted octanol–water partition coefficient (Wildman–Crippen LogP) is 2.41. The summed E-state index contributed by atoms with van der Waals surface area (Å²) in [6.07, 6.45) is 0.683. The largest absolute Gasteiger partial charge is 0.445 e. The summed E-state index contributed by atoms with van der Waals surface area (Å²) in [5.74, 6) is 0.475. The van der Waals surface area contributed by atoms with Crippen LogP contribution in [0.4, 0.5) is 4.79 Å². The first kappa shape index (κ1) is 15.8. The van der Waals surface area contributed by atoms with Gasteiger partial charge in [0.2, 0.25) is 0 Å². The lowest BCUT2D eigenvalue weighted by Gasteiger charge is -2.34. The molecule has 2 atom stereocenters. The fraction of sp³-hybridized carbons (Fsp3) is 0.500. The van der Waals surface area contributed by atoms with Crippen LogP contribution in [0.1, 0.15) is 18.9 Å². The Morgan fingerprint density at radius 1 is 1.42 bits per heavy atom. The maximum atomic E-state index is 11.9. The molecular formula is C14H21ClN2O2. The van der Waals surface area contributed by atoms with E-state index in [2.05, 4.69) is 6.92 Å². The number of likely N-dealkylation sites (tertiary alicyclic amines) is 1. The molecule has 1 aliphatic heterocycles. The molecule has 1 heterocycles. The highest BCUT2D eigenvalue weighted by Crippen LogP contribution is 2.16. The van der Waals surface area contributed by atoms with Gasteiger partial charge in [-0.1, -0.05) is 37.3 Å². The van der Waals surface area contributed by atoms with Crippen LogP contribution >= 0.6 is 12.4 Å². The lowest BCUT2D eigenvalue weighted by molar-refractivity contribution is 0.0787. The summed E-state index contributed by atoms with van der Waals surface area (Å²) in [4.78, 5) is 13.6. The molecule has 0 aliphatic carbocycles. The SMILES string of the molecule is C[C@H]1CCN(C(=O)OCc2ccccc2)C[C@@H]1N.Cl. The fourth-order valence-corrected chi connectivity index (χ4v) is 2.08. The summed E-state index contributed by atoms with van der Waals surface area (Å²) < 4.78 is 5.28. The van der Waals surface area contributed by atoms with Gasteiger partial charge >= 0.3 is 6.09 Å². The summed E-state index contributed by atoms with van der Waals surface area (Å²) in [5.41, 5.74) is 6.96. The number of piperidine rings is 1. The number of amides is 1. The number of nitrogens with zero attached hydrogens (tertiary/aromatic N) is 1. The Balaban J connectivity index is 0.00000180. The molecule has 0 saturated carbocycles. The predicted molar refractivity (Wildman–Crippen MR) is 77.2 cm³/mol. The number of carbonyl (C=O) groups excluding carboxylic acids is 1. The van der Waals surface area contributed by atoms with Gasteiger partial charge in [-0.3, -0.25) is 0 Å². The zero-order valence-electron chi connectivity index (χ0n) is 11.1. The monoisotopic (exact) mass is 284 g/mol. The molecular weight excluding hydrogens is 264 g/mol. The molecule has 2 rings (SSSR count). The van der Waals surface area contributed by atoms with Crippen molar-refractivity contribution in [2.75, 3.05) is 13.1 Å². The standard InChI is InChI=1S/C14H20N2O2.ClH/c1-11-7-8-16(9-13(11)15)14(17)18-10-12-5-3-2-4-6-12;/h2-6,11,13H,7-10,15H2,1H3;1H/t11-,13-;/m0./s1. The molecule has 1 saturated heterocycles. The van der Waals surface area contributed by atoms with Gasteiger partial charge in [0.1, 0.15) is 6.61 Å². The maximum absolute atomic E-state index is 11.9. The van der Waals surface area contributed by atoms with Crippen LogP contribution in [0.25, 0.3) is 0 Å². The van der Waals surface area contributed by atoms with E-state index in [1.165, 1.54) is 0 Å². The summed E-state index contributed by atoms with van der Waals surface area (Å²) in [5, 5.41) is 0. The van der Waals surface area contributed by atoms with Crippen molar-refractivity contribution in [3.05, 3.63) is 35.9 Å². The highest BCUT2D eigenvalue weighted by molar-refractivity contribution is 5.85. The van der Waals surface area contributed by atoms with E-state index in [0.29, 0.717) is 19.1 Å². The van der Waals surface area contributed by atoms with Gasteiger partial charge in [-0.2, -0.15) is 0 Å². The Labute approximate surface area is 120 Å². The van der Waals surface area contributed by atoms with Crippen LogP contribution in [0, 0.1) is 5.92 Å². The quantitative estimate of drug-likeness (QED) is 0.907. The van der Waals surface area contributed by atoms with Gasteiger partial charge in [-0.25, -0.2) is 4.79 Å². The van der Waals surface area contributed by atoms with Gasteiger partial charge in [0, 0.05) is 19.1 Å². The molecule has 1 aliphatic rings. The number of nitrogens with two attached hydrogens (primary N) is 1. The summed E-state index contributed by atoms with van der Waals surface area (Å²) in [6.45, 7) is 3.77. The van der Waals surface area contributed by atoms with E-state index in [1.54, 1.807) is 4.90 Å². The molecule has 106 valence electrons. The Bertz CT molecular complexity index is 400. The lowest BCUT2D eigenvalue weighted by atomic mass is 9.95. The van der Waals surface area contributed by atoms with Crippen LogP contribution in [0.2, 0.25) is 0 Å². The third-order valence-corrected chi connectivity index (χ3v) is 3.48. The van der Waals surface area contributed by atoms with Gasteiger partial charge in [0.25, 0.3) is 0 Å². The number of hydrogen-bond donors (Lipinski definition) is 1. The molecule has 0 spiro atoms. The van der Waals surface area contributed by atoms with Crippen molar-refractivity contribution >= 4 is 18.5 Å². The number of rotatable bonds is 2. The Hall–Kier alpha value is -1.26. The van der Waals surface area contributed by atoms with Crippen LogP contribution in [0.5, 0.6) is 0 Å². The minimum atomic E-state index is -0.263. The van der Waals surface area contributed by atoms with Gasteiger partial charge < -0.3 is 15.4 Å². The third-order valence-electron chi connectivity index (χ3n) is 3.48. The van der Waals surface area contributed by atoms with Gasteiger partial charge in [-0.05, 0) is 17.9 Å². The molecule has 0 aromatic heterocycles. The van der Waals surface area contributed by atoms with Crippen molar-refractivity contribution in [3.8, 4) is 0 Å². The molecule has 0 bridgehead atoms. The van der Waals surface area contributed by atoms with Crippen LogP contribution in [0.15, 0.2) is 30.3 Å². The third kappa shape index (κ3) is 4.40. The molecule has 5 heteroatoms. The van der Waals surface area contributed by atoms with E-state index >= 15 is 0 Å². The number of hydrogen-bond acceptors (Lipinski definition) is 3. The van der Waals surface area contributed by atoms with E-state index in [1.807, 2.05) is 30.3 Å². The minimum Gasteiger partial charge on any atom is -0.445 e. The van der Waals surface area contributed by atoms with Crippen LogP contribution in [-0.4, -0.2) is 30.1 Å². The molecule has 1 aromatic carbocycles. The Kier molecular flexibility index (Phi) is 6.12. The van der Waals surface area contributed by atoms with E-state index in [0.717, 1.165) is 18.5 Å². The summed E-state index contributed by atoms with van der Waals surface area (Å²) in [6, 6.07) is 9.75. The molecule has 1 amide bonds. The average molecular weight is 285 g/mol. The second kappa shape index (κ2) is 7.36. The Morgan fingerprint density at radius 3 is 2.74 bits per heavy atom. The van der Waals surface area contributed by atoms with Gasteiger partial charge in [0.05, 0.1) is 0 Å². The second-order valence-electron chi connectivity index (χ2n) is 4.92. The summed E-state index contributed by atoms with van der Waals surface area (Å²) >= 11 is 0. The van der Waals surface area contributed by atoms with Crippen molar-refractivity contribution in [1.29, 1.82) is 0 Å². The molecule has 19 heavy (non-hydrogen) atoms. The lowest BCUT2D eigenvalue weighted by Crippen LogP contribution is -2.49. The summed E-state index contributed by atoms with van der Waals surface area (Å²) in [7, 11) is 0. The highest BCUT2D eigenvalue weighted by Gasteiger charge is 2.27. The number of halogens is 1. The molecule has 0 unspecified atom stereocenters. The van der Waals surface area contributed by atoms with E-state index in [9.17, 15) is 4.79 Å². The van der Waals surface area contributed by atoms with Crippen LogP contribution in [-0.2, 0) is 11.3 Å². The molecule has 0 radical (unpaired) electrons. The first-order valence-electron chi connectivity index (χ1n) is 6.38. The van der Waals surface area contributed by atoms with Crippen LogP contribution in [0.3, 0.4) is 0 Å². The van der Waals surface area contributed by atoms with Crippen molar-refractivity contribution < 1.29 is 9.53 Å². The highest BCUT2D eigenvalue weighted by atomic mass is 35.5. The van der Waals surface area contributed by atoms with E-state index in [4.69, 9.17) is 10.5 Å². The topological polar surface area (TPSA) is 55.6 Å². The van der Waals surface area contributed by atoms with E-state index < -0.39 is 0 Å². The smallest absolute Gasteiger partial charge is 0.410 e. The zero-order chi connectivity index (χ0) is 13.0. The van der Waals surface area contributed by atoms with Crippen molar-refractivity contribution in [1.82, 2.24) is 4.90 Å². The number of ether oxygens (including phenoxy) is 1. The fourth-order valence-electron chi connectivity index (χ4n) is 2.08. The first-order chi connectivity index (χ1) is 8.66. The maximum Gasteiger partial charge on any atom is 0.410 e. The molecule has 2 N–H and O–H groups in total. The van der Waals surface area contributed by atoms with Crippen molar-refractivity contribution in [2.24, 2.45) is 11.7 Å². The number of carbonyl (C=O) groups is 1. The Morgan fingerprint density at radius 2 is 2.11 bits per heavy atom. The minimum absolute atomic E-state index is 0. The number of benzene rings is 1. The van der Waals surface area contributed by atoms with Gasteiger partial charge in [-0.15, -0.1) is 12.4 Å². The van der Waals surface area contributed by atoms with Gasteiger partial charge in [0.15, 0.2) is 0 Å². The molecule has 4 nitrogen and oxygen atoms in total. The second-order valence-corrected chi connectivity index (χ2v) is 4.92.